The van der Waals surface area contributed by atoms with Crippen molar-refractivity contribution in [2.45, 2.75) is 25.7 Å². The van der Waals surface area contributed by atoms with Crippen molar-refractivity contribution in [1.29, 1.82) is 0 Å². The fourth-order valence-corrected chi connectivity index (χ4v) is 2.69. The summed E-state index contributed by atoms with van der Waals surface area (Å²) < 4.78 is 0. The minimum atomic E-state index is 0.627. The standard InChI is InChI=1S/C15H19N3/c16-10-12-6-7-13-14(8-12)18-15(17-13)9-11-4-2-1-3-5-11/h1-5,12H,6-10,16H2,(H,17,18). The van der Waals surface area contributed by atoms with E-state index in [2.05, 4.69) is 29.2 Å². The van der Waals surface area contributed by atoms with Gasteiger partial charge in [0.1, 0.15) is 5.82 Å². The Balaban J connectivity index is 1.78. The smallest absolute Gasteiger partial charge is 0.110 e. The minimum absolute atomic E-state index is 0.627. The Kier molecular flexibility index (Phi) is 3.15. The van der Waals surface area contributed by atoms with Gasteiger partial charge in [-0.25, -0.2) is 4.98 Å². The predicted molar refractivity (Wildman–Crippen MR) is 72.4 cm³/mol. The van der Waals surface area contributed by atoms with Gasteiger partial charge in [0.05, 0.1) is 5.69 Å². The van der Waals surface area contributed by atoms with E-state index in [0.717, 1.165) is 31.6 Å². The Morgan fingerprint density at radius 1 is 1.28 bits per heavy atom. The van der Waals surface area contributed by atoms with Gasteiger partial charge in [-0.3, -0.25) is 0 Å². The number of imidazole rings is 1. The first-order chi connectivity index (χ1) is 8.85. The van der Waals surface area contributed by atoms with Crippen molar-refractivity contribution in [2.24, 2.45) is 11.7 Å². The second-order valence-corrected chi connectivity index (χ2v) is 5.12. The highest BCUT2D eigenvalue weighted by atomic mass is 14.9. The van der Waals surface area contributed by atoms with Gasteiger partial charge in [-0.15, -0.1) is 0 Å². The first kappa shape index (κ1) is 11.5. The van der Waals surface area contributed by atoms with Crippen molar-refractivity contribution < 1.29 is 0 Å². The Morgan fingerprint density at radius 3 is 2.89 bits per heavy atom. The van der Waals surface area contributed by atoms with Crippen molar-refractivity contribution in [3.8, 4) is 0 Å². The van der Waals surface area contributed by atoms with E-state index in [0.29, 0.717) is 5.92 Å². The van der Waals surface area contributed by atoms with Gasteiger partial charge >= 0.3 is 0 Å². The third-order valence-corrected chi connectivity index (χ3v) is 3.74. The molecule has 1 aliphatic carbocycles. The Labute approximate surface area is 107 Å². The van der Waals surface area contributed by atoms with Gasteiger partial charge in [0.25, 0.3) is 0 Å². The first-order valence-corrected chi connectivity index (χ1v) is 6.66. The van der Waals surface area contributed by atoms with Crippen LogP contribution in [0.4, 0.5) is 0 Å². The molecule has 1 atom stereocenters. The molecule has 3 rings (SSSR count). The SMILES string of the molecule is NCC1CCc2nc(Cc3ccccc3)[nH]c2C1. The van der Waals surface area contributed by atoms with Gasteiger partial charge in [-0.05, 0) is 37.3 Å². The van der Waals surface area contributed by atoms with E-state index >= 15 is 0 Å². The number of aromatic amines is 1. The van der Waals surface area contributed by atoms with Gasteiger partial charge in [-0.2, -0.15) is 0 Å². The van der Waals surface area contributed by atoms with Crippen LogP contribution in [0.2, 0.25) is 0 Å². The third kappa shape index (κ3) is 2.31. The molecule has 0 saturated carbocycles. The second kappa shape index (κ2) is 4.94. The molecule has 0 fully saturated rings. The highest BCUT2D eigenvalue weighted by molar-refractivity contribution is 5.24. The lowest BCUT2D eigenvalue weighted by molar-refractivity contribution is 0.461. The van der Waals surface area contributed by atoms with Crippen molar-refractivity contribution in [3.63, 3.8) is 0 Å². The number of hydrogen-bond acceptors (Lipinski definition) is 2. The maximum atomic E-state index is 5.76. The molecular weight excluding hydrogens is 222 g/mol. The fourth-order valence-electron chi connectivity index (χ4n) is 2.69. The van der Waals surface area contributed by atoms with Crippen LogP contribution in [0.25, 0.3) is 0 Å². The molecule has 1 aromatic heterocycles. The summed E-state index contributed by atoms with van der Waals surface area (Å²) in [5, 5.41) is 0. The van der Waals surface area contributed by atoms with Gasteiger partial charge in [0, 0.05) is 12.1 Å². The number of nitrogens with two attached hydrogens (primary N) is 1. The fraction of sp³-hybridized carbons (Fsp3) is 0.400. The normalized spacial score (nSPS) is 18.6. The molecule has 0 saturated heterocycles. The van der Waals surface area contributed by atoms with E-state index in [4.69, 9.17) is 10.7 Å². The van der Waals surface area contributed by atoms with E-state index in [1.54, 1.807) is 0 Å². The molecule has 0 radical (unpaired) electrons. The lowest BCUT2D eigenvalue weighted by Crippen LogP contribution is -2.22. The van der Waals surface area contributed by atoms with Gasteiger partial charge < -0.3 is 10.7 Å². The number of nitrogens with zero attached hydrogens (tertiary/aromatic N) is 1. The molecule has 94 valence electrons. The average molecular weight is 241 g/mol. The van der Waals surface area contributed by atoms with Crippen LogP contribution in [0.5, 0.6) is 0 Å². The number of rotatable bonds is 3. The van der Waals surface area contributed by atoms with E-state index < -0.39 is 0 Å². The summed E-state index contributed by atoms with van der Waals surface area (Å²) in [6, 6.07) is 10.5. The van der Waals surface area contributed by atoms with E-state index in [-0.39, 0.29) is 0 Å². The summed E-state index contributed by atoms with van der Waals surface area (Å²) in [7, 11) is 0. The van der Waals surface area contributed by atoms with Crippen molar-refractivity contribution in [3.05, 3.63) is 53.1 Å². The molecule has 3 nitrogen and oxygen atoms in total. The minimum Gasteiger partial charge on any atom is -0.345 e. The molecule has 0 aliphatic heterocycles. The zero-order chi connectivity index (χ0) is 12.4. The Bertz CT molecular complexity index is 516. The lowest BCUT2D eigenvalue weighted by Gasteiger charge is -2.18. The summed E-state index contributed by atoms with van der Waals surface area (Å²) in [6.07, 6.45) is 4.20. The number of nitrogens with one attached hydrogen (secondary N) is 1. The summed E-state index contributed by atoms with van der Waals surface area (Å²) in [6.45, 7) is 0.784. The highest BCUT2D eigenvalue weighted by Crippen LogP contribution is 2.23. The molecule has 1 aliphatic rings. The Hall–Kier alpha value is -1.61. The summed E-state index contributed by atoms with van der Waals surface area (Å²) in [5.41, 5.74) is 9.62. The van der Waals surface area contributed by atoms with Crippen molar-refractivity contribution in [1.82, 2.24) is 9.97 Å². The average Bonchev–Trinajstić information content (AvgIpc) is 2.80. The maximum Gasteiger partial charge on any atom is 0.110 e. The van der Waals surface area contributed by atoms with Gasteiger partial charge in [0.15, 0.2) is 0 Å². The quantitative estimate of drug-likeness (QED) is 0.864. The molecule has 3 heteroatoms. The van der Waals surface area contributed by atoms with Crippen LogP contribution in [-0.4, -0.2) is 16.5 Å². The van der Waals surface area contributed by atoms with E-state index in [1.807, 2.05) is 6.07 Å². The first-order valence-electron chi connectivity index (χ1n) is 6.66. The Morgan fingerprint density at radius 2 is 2.11 bits per heavy atom. The molecule has 0 spiro atoms. The van der Waals surface area contributed by atoms with Crippen LogP contribution in [0.15, 0.2) is 30.3 Å². The maximum absolute atomic E-state index is 5.76. The molecule has 1 unspecified atom stereocenters. The summed E-state index contributed by atoms with van der Waals surface area (Å²) >= 11 is 0. The second-order valence-electron chi connectivity index (χ2n) is 5.12. The van der Waals surface area contributed by atoms with Crippen molar-refractivity contribution in [2.75, 3.05) is 6.54 Å². The summed E-state index contributed by atoms with van der Waals surface area (Å²) in [5.74, 6) is 1.71. The monoisotopic (exact) mass is 241 g/mol. The highest BCUT2D eigenvalue weighted by Gasteiger charge is 2.20. The molecule has 0 bridgehead atoms. The van der Waals surface area contributed by atoms with Crippen LogP contribution in [0, 0.1) is 5.92 Å². The number of benzene rings is 1. The number of hydrogen-bond donors (Lipinski definition) is 2. The van der Waals surface area contributed by atoms with Crippen molar-refractivity contribution >= 4 is 0 Å². The van der Waals surface area contributed by atoms with Crippen LogP contribution >= 0.6 is 0 Å². The molecule has 0 amide bonds. The topological polar surface area (TPSA) is 54.7 Å². The predicted octanol–water partition coefficient (Wildman–Crippen LogP) is 2.06. The van der Waals surface area contributed by atoms with Gasteiger partial charge in [0.2, 0.25) is 0 Å². The van der Waals surface area contributed by atoms with E-state index in [1.165, 1.54) is 23.4 Å². The molecule has 3 N–H and O–H groups in total. The van der Waals surface area contributed by atoms with Crippen LogP contribution < -0.4 is 5.73 Å². The summed E-state index contributed by atoms with van der Waals surface area (Å²) in [4.78, 5) is 8.20. The lowest BCUT2D eigenvalue weighted by atomic mass is 9.90. The molecule has 1 aromatic carbocycles. The molecule has 18 heavy (non-hydrogen) atoms. The van der Waals surface area contributed by atoms with Crippen LogP contribution in [0.3, 0.4) is 0 Å². The molecular formula is C15H19N3. The van der Waals surface area contributed by atoms with Gasteiger partial charge in [-0.1, -0.05) is 30.3 Å². The number of fused-ring (bicyclic) bond motifs is 1. The van der Waals surface area contributed by atoms with Crippen LogP contribution in [-0.2, 0) is 19.3 Å². The molecule has 2 aromatic rings. The van der Waals surface area contributed by atoms with E-state index in [9.17, 15) is 0 Å². The largest absolute Gasteiger partial charge is 0.345 e. The number of H-pyrrole nitrogens is 1. The van der Waals surface area contributed by atoms with Crippen LogP contribution in [0.1, 0.15) is 29.2 Å². The zero-order valence-electron chi connectivity index (χ0n) is 10.5. The zero-order valence-corrected chi connectivity index (χ0v) is 10.5. The number of aryl methyl sites for hydroxylation is 1. The number of aromatic nitrogens is 2. The molecule has 1 heterocycles. The third-order valence-electron chi connectivity index (χ3n) is 3.74.